The zero-order valence-electron chi connectivity index (χ0n) is 11.8. The van der Waals surface area contributed by atoms with E-state index in [1.165, 1.54) is 12.1 Å². The largest absolute Gasteiger partial charge is 0.496 e. The molecule has 0 bridgehead atoms. The molecule has 112 valence electrons. The summed E-state index contributed by atoms with van der Waals surface area (Å²) in [4.78, 5) is -0.157. The van der Waals surface area contributed by atoms with Gasteiger partial charge in [-0.2, -0.15) is 0 Å². The van der Waals surface area contributed by atoms with Gasteiger partial charge in [0.15, 0.2) is 0 Å². The lowest BCUT2D eigenvalue weighted by molar-refractivity contribution is 0.406. The van der Waals surface area contributed by atoms with Crippen molar-refractivity contribution < 1.29 is 9.13 Å². The van der Waals surface area contributed by atoms with Crippen LogP contribution >= 0.6 is 47.8 Å². The summed E-state index contributed by atoms with van der Waals surface area (Å²) in [5.41, 5.74) is 3.94. The van der Waals surface area contributed by atoms with E-state index in [1.807, 2.05) is 26.0 Å². The van der Waals surface area contributed by atoms with Gasteiger partial charge in [0.05, 0.1) is 11.9 Å². The number of benzene rings is 2. The predicted octanol–water partition coefficient (Wildman–Crippen LogP) is 6.46. The van der Waals surface area contributed by atoms with Crippen LogP contribution in [0.1, 0.15) is 27.1 Å². The highest BCUT2D eigenvalue weighted by atomic mass is 79.9. The zero-order chi connectivity index (χ0) is 15.7. The van der Waals surface area contributed by atoms with E-state index in [4.69, 9.17) is 4.74 Å². The summed E-state index contributed by atoms with van der Waals surface area (Å²) in [6.45, 7) is 4.01. The highest BCUT2D eigenvalue weighted by Gasteiger charge is 2.22. The first-order valence-electron chi connectivity index (χ1n) is 6.28. The normalized spacial score (nSPS) is 12.3. The molecule has 0 aromatic heterocycles. The highest BCUT2D eigenvalue weighted by Crippen LogP contribution is 2.43. The summed E-state index contributed by atoms with van der Waals surface area (Å²) < 4.78 is 20.9. The molecule has 0 N–H and O–H groups in total. The zero-order valence-corrected chi connectivity index (χ0v) is 16.6. The molecule has 0 amide bonds. The number of aryl methyl sites for hydroxylation is 1. The van der Waals surface area contributed by atoms with Crippen molar-refractivity contribution in [3.63, 3.8) is 0 Å². The van der Waals surface area contributed by atoms with Gasteiger partial charge in [-0.25, -0.2) is 4.39 Å². The van der Waals surface area contributed by atoms with Crippen LogP contribution in [0.5, 0.6) is 5.75 Å². The molecule has 0 aliphatic heterocycles. The van der Waals surface area contributed by atoms with Gasteiger partial charge >= 0.3 is 0 Å². The summed E-state index contributed by atoms with van der Waals surface area (Å²) in [5, 5.41) is 0. The third-order valence-electron chi connectivity index (χ3n) is 3.34. The van der Waals surface area contributed by atoms with Crippen molar-refractivity contribution in [2.24, 2.45) is 0 Å². The Morgan fingerprint density at radius 3 is 2.33 bits per heavy atom. The summed E-state index contributed by atoms with van der Waals surface area (Å²) in [7, 11) is 1.65. The van der Waals surface area contributed by atoms with Gasteiger partial charge in [0.1, 0.15) is 11.6 Å². The maximum absolute atomic E-state index is 13.7. The van der Waals surface area contributed by atoms with Crippen LogP contribution in [0, 0.1) is 19.7 Å². The summed E-state index contributed by atoms with van der Waals surface area (Å²) in [6, 6.07) is 6.90. The maximum atomic E-state index is 13.7. The lowest BCUT2D eigenvalue weighted by Gasteiger charge is -2.20. The van der Waals surface area contributed by atoms with E-state index >= 15 is 0 Å². The van der Waals surface area contributed by atoms with Gasteiger partial charge in [-0.3, -0.25) is 0 Å². The first-order chi connectivity index (χ1) is 9.85. The lowest BCUT2D eigenvalue weighted by atomic mass is 9.97. The summed E-state index contributed by atoms with van der Waals surface area (Å²) in [5.74, 6) is 0.546. The molecule has 0 aliphatic rings. The molecule has 5 heteroatoms. The molecule has 0 spiro atoms. The van der Waals surface area contributed by atoms with E-state index in [-0.39, 0.29) is 10.6 Å². The number of hydrogen-bond acceptors (Lipinski definition) is 1. The third kappa shape index (κ3) is 3.51. The second-order valence-electron chi connectivity index (χ2n) is 4.81. The van der Waals surface area contributed by atoms with Crippen LogP contribution in [0.25, 0.3) is 0 Å². The molecule has 0 saturated carbocycles. The number of methoxy groups -OCH3 is 1. The molecule has 0 saturated heterocycles. The van der Waals surface area contributed by atoms with Crippen molar-refractivity contribution in [3.05, 3.63) is 61.3 Å². The van der Waals surface area contributed by atoms with Gasteiger partial charge in [-0.15, -0.1) is 0 Å². The summed E-state index contributed by atoms with van der Waals surface area (Å²) >= 11 is 10.6. The Hall–Kier alpha value is -0.390. The second-order valence-corrected chi connectivity index (χ2v) is 7.50. The van der Waals surface area contributed by atoms with E-state index < -0.39 is 0 Å². The Morgan fingerprint density at radius 2 is 1.76 bits per heavy atom. The number of alkyl halides is 1. The molecule has 2 aromatic carbocycles. The topological polar surface area (TPSA) is 9.23 Å². The Balaban J connectivity index is 2.64. The molecule has 0 fully saturated rings. The van der Waals surface area contributed by atoms with E-state index in [0.717, 1.165) is 32.5 Å². The molecule has 0 aliphatic carbocycles. The molecule has 2 aromatic rings. The van der Waals surface area contributed by atoms with Crippen molar-refractivity contribution in [1.29, 1.82) is 0 Å². The van der Waals surface area contributed by atoms with Gasteiger partial charge in [0, 0.05) is 14.5 Å². The third-order valence-corrected chi connectivity index (χ3v) is 5.61. The molecular weight excluding hydrogens is 467 g/mol. The van der Waals surface area contributed by atoms with E-state index in [1.54, 1.807) is 7.11 Å². The van der Waals surface area contributed by atoms with Crippen LogP contribution in [-0.4, -0.2) is 7.11 Å². The van der Waals surface area contributed by atoms with Gasteiger partial charge in [-0.1, -0.05) is 47.8 Å². The maximum Gasteiger partial charge on any atom is 0.126 e. The molecule has 0 radical (unpaired) electrons. The average molecular weight is 481 g/mol. The van der Waals surface area contributed by atoms with Gasteiger partial charge < -0.3 is 4.74 Å². The second kappa shape index (κ2) is 6.80. The molecule has 1 atom stereocenters. The Kier molecular flexibility index (Phi) is 5.49. The van der Waals surface area contributed by atoms with Crippen LogP contribution in [0.2, 0.25) is 0 Å². The van der Waals surface area contributed by atoms with Crippen LogP contribution in [0.15, 0.2) is 33.2 Å². The van der Waals surface area contributed by atoms with E-state index in [9.17, 15) is 4.39 Å². The smallest absolute Gasteiger partial charge is 0.126 e. The summed E-state index contributed by atoms with van der Waals surface area (Å²) in [6.07, 6.45) is 0. The molecule has 0 heterocycles. The predicted molar refractivity (Wildman–Crippen MR) is 95.0 cm³/mol. The number of rotatable bonds is 3. The van der Waals surface area contributed by atoms with Crippen molar-refractivity contribution in [2.75, 3.05) is 7.11 Å². The monoisotopic (exact) mass is 478 g/mol. The standard InChI is InChI=1S/C16H14Br3FO/c1-8-4-13(18)9(2)14(16(8)21-3)15(19)10-5-11(17)7-12(20)6-10/h4-7,15H,1-3H3. The fraction of sp³-hybridized carbons (Fsp3) is 0.250. The highest BCUT2D eigenvalue weighted by molar-refractivity contribution is 9.11. The molecular formula is C16H14Br3FO. The fourth-order valence-corrected chi connectivity index (χ4v) is 4.20. The van der Waals surface area contributed by atoms with Crippen LogP contribution in [-0.2, 0) is 0 Å². The molecule has 2 rings (SSSR count). The Morgan fingerprint density at radius 1 is 1.10 bits per heavy atom. The Labute approximate surface area is 149 Å². The number of ether oxygens (including phenoxy) is 1. The van der Waals surface area contributed by atoms with Gasteiger partial charge in [-0.05, 0) is 54.8 Å². The minimum atomic E-state index is -0.271. The number of hydrogen-bond donors (Lipinski definition) is 0. The molecule has 1 unspecified atom stereocenters. The Bertz CT molecular complexity index is 665. The molecule has 1 nitrogen and oxygen atoms in total. The first-order valence-corrected chi connectivity index (χ1v) is 8.79. The lowest BCUT2D eigenvalue weighted by Crippen LogP contribution is -2.03. The van der Waals surface area contributed by atoms with E-state index in [2.05, 4.69) is 47.8 Å². The van der Waals surface area contributed by atoms with Crippen LogP contribution in [0.3, 0.4) is 0 Å². The minimum Gasteiger partial charge on any atom is -0.496 e. The van der Waals surface area contributed by atoms with E-state index in [0.29, 0.717) is 4.47 Å². The van der Waals surface area contributed by atoms with Crippen molar-refractivity contribution >= 4 is 47.8 Å². The van der Waals surface area contributed by atoms with Crippen LogP contribution < -0.4 is 4.74 Å². The number of halogens is 4. The van der Waals surface area contributed by atoms with Crippen molar-refractivity contribution in [3.8, 4) is 5.75 Å². The quantitative estimate of drug-likeness (QED) is 0.458. The average Bonchev–Trinajstić information content (AvgIpc) is 2.40. The van der Waals surface area contributed by atoms with Crippen molar-refractivity contribution in [2.45, 2.75) is 18.7 Å². The SMILES string of the molecule is COc1c(C)cc(Br)c(C)c1C(Br)c1cc(F)cc(Br)c1. The van der Waals surface area contributed by atoms with Crippen molar-refractivity contribution in [1.82, 2.24) is 0 Å². The van der Waals surface area contributed by atoms with Gasteiger partial charge in [0.25, 0.3) is 0 Å². The molecule has 21 heavy (non-hydrogen) atoms. The fourth-order valence-electron chi connectivity index (χ4n) is 2.34. The van der Waals surface area contributed by atoms with Crippen LogP contribution in [0.4, 0.5) is 4.39 Å². The minimum absolute atomic E-state index is 0.157. The first kappa shape index (κ1) is 17.0. The van der Waals surface area contributed by atoms with Gasteiger partial charge in [0.2, 0.25) is 0 Å².